The molecule has 0 saturated carbocycles. The average Bonchev–Trinajstić information content (AvgIpc) is 3.02. The lowest BCUT2D eigenvalue weighted by atomic mass is 10.2. The Bertz CT molecular complexity index is 475. The van der Waals surface area contributed by atoms with Gasteiger partial charge >= 0.3 is 0 Å². The van der Waals surface area contributed by atoms with Crippen LogP contribution in [0.15, 0.2) is 10.4 Å². The monoisotopic (exact) mass is 355 g/mol. The topological polar surface area (TPSA) is 61.8 Å². The van der Waals surface area contributed by atoms with E-state index < -0.39 is 0 Å². The molecule has 0 fully saturated rings. The van der Waals surface area contributed by atoms with Crippen molar-refractivity contribution in [1.82, 2.24) is 20.5 Å². The summed E-state index contributed by atoms with van der Waals surface area (Å²) in [5.41, 5.74) is 1.04. The Labute approximate surface area is 150 Å². The first kappa shape index (κ1) is 20.9. The summed E-state index contributed by atoms with van der Waals surface area (Å²) in [5, 5.41) is 9.95. The van der Waals surface area contributed by atoms with Crippen molar-refractivity contribution in [2.75, 3.05) is 46.9 Å². The highest BCUT2D eigenvalue weighted by atomic mass is 32.1. The van der Waals surface area contributed by atoms with E-state index in [9.17, 15) is 0 Å². The minimum Gasteiger partial charge on any atom is -0.385 e. The van der Waals surface area contributed by atoms with Gasteiger partial charge in [-0.3, -0.25) is 0 Å². The smallest absolute Gasteiger partial charge is 0.191 e. The van der Waals surface area contributed by atoms with Crippen molar-refractivity contribution in [3.8, 4) is 0 Å². The number of hydrogen-bond donors (Lipinski definition) is 2. The fourth-order valence-corrected chi connectivity index (χ4v) is 2.94. The Morgan fingerprint density at radius 3 is 2.79 bits per heavy atom. The van der Waals surface area contributed by atoms with Crippen LogP contribution in [0.1, 0.15) is 43.8 Å². The van der Waals surface area contributed by atoms with Crippen molar-refractivity contribution < 1.29 is 4.74 Å². The first-order valence-corrected chi connectivity index (χ1v) is 9.58. The van der Waals surface area contributed by atoms with Crippen LogP contribution in [-0.4, -0.2) is 62.8 Å². The van der Waals surface area contributed by atoms with Gasteiger partial charge in [0, 0.05) is 51.2 Å². The average molecular weight is 356 g/mol. The summed E-state index contributed by atoms with van der Waals surface area (Å²) in [4.78, 5) is 11.6. The minimum atomic E-state index is 0.479. The van der Waals surface area contributed by atoms with Crippen LogP contribution >= 0.6 is 11.3 Å². The molecule has 138 valence electrons. The van der Waals surface area contributed by atoms with E-state index >= 15 is 0 Å². The van der Waals surface area contributed by atoms with Gasteiger partial charge in [0.1, 0.15) is 0 Å². The molecular weight excluding hydrogens is 322 g/mol. The van der Waals surface area contributed by atoms with E-state index in [4.69, 9.17) is 4.74 Å². The number of rotatable bonds is 11. The number of guanidine groups is 1. The molecule has 1 rings (SSSR count). The lowest BCUT2D eigenvalue weighted by Gasteiger charge is -2.18. The second-order valence-electron chi connectivity index (χ2n) is 6.10. The molecule has 1 aromatic rings. The summed E-state index contributed by atoms with van der Waals surface area (Å²) in [6, 6.07) is 0. The van der Waals surface area contributed by atoms with Gasteiger partial charge in [-0.1, -0.05) is 13.8 Å². The van der Waals surface area contributed by atoms with Gasteiger partial charge in [0.05, 0.1) is 17.2 Å². The molecule has 24 heavy (non-hydrogen) atoms. The second kappa shape index (κ2) is 12.2. The van der Waals surface area contributed by atoms with Crippen LogP contribution in [0, 0.1) is 0 Å². The molecule has 1 heterocycles. The third-order valence-electron chi connectivity index (χ3n) is 3.48. The highest BCUT2D eigenvalue weighted by Crippen LogP contribution is 2.19. The summed E-state index contributed by atoms with van der Waals surface area (Å²) in [6.45, 7) is 11.6. The van der Waals surface area contributed by atoms with Crippen molar-refractivity contribution in [1.29, 1.82) is 0 Å². The second-order valence-corrected chi connectivity index (χ2v) is 6.99. The van der Waals surface area contributed by atoms with Crippen molar-refractivity contribution in [3.63, 3.8) is 0 Å². The number of aromatic nitrogens is 1. The summed E-state index contributed by atoms with van der Waals surface area (Å²) >= 11 is 1.72. The Morgan fingerprint density at radius 1 is 1.38 bits per heavy atom. The van der Waals surface area contributed by atoms with Crippen molar-refractivity contribution >= 4 is 17.3 Å². The molecule has 0 aromatic carbocycles. The van der Waals surface area contributed by atoms with Gasteiger partial charge in [0.2, 0.25) is 0 Å². The van der Waals surface area contributed by atoms with Gasteiger partial charge in [-0.05, 0) is 20.4 Å². The lowest BCUT2D eigenvalue weighted by Crippen LogP contribution is -2.41. The van der Waals surface area contributed by atoms with Crippen molar-refractivity contribution in [3.05, 3.63) is 16.1 Å². The number of hydrogen-bond acceptors (Lipinski definition) is 5. The third kappa shape index (κ3) is 8.61. The summed E-state index contributed by atoms with van der Waals surface area (Å²) in [6.07, 6.45) is 1.06. The standard InChI is InChI=1S/C17H33N5OS/c1-6-18-17(19-8-10-22(4)9-7-11-23-5)20-12-15-13-24-16(21-15)14(2)3/h13-14H,6-12H2,1-5H3,(H2,18,19,20). The molecule has 0 aliphatic heterocycles. The van der Waals surface area contributed by atoms with E-state index in [2.05, 4.69) is 58.7 Å². The van der Waals surface area contributed by atoms with Crippen LogP contribution in [0.5, 0.6) is 0 Å². The molecule has 6 nitrogen and oxygen atoms in total. The molecular formula is C17H33N5OS. The number of likely N-dealkylation sites (N-methyl/N-ethyl adjacent to an activating group) is 1. The first-order chi connectivity index (χ1) is 11.6. The fraction of sp³-hybridized carbons (Fsp3) is 0.765. The maximum absolute atomic E-state index is 5.08. The van der Waals surface area contributed by atoms with E-state index in [1.807, 2.05) is 0 Å². The quantitative estimate of drug-likeness (QED) is 0.362. The normalized spacial score (nSPS) is 12.2. The molecule has 0 spiro atoms. The van der Waals surface area contributed by atoms with Crippen molar-refractivity contribution in [2.45, 2.75) is 39.7 Å². The molecule has 0 bridgehead atoms. The summed E-state index contributed by atoms with van der Waals surface area (Å²) in [7, 11) is 3.87. The number of aliphatic imine (C=N–C) groups is 1. The van der Waals surface area contributed by atoms with E-state index in [0.717, 1.165) is 50.9 Å². The zero-order chi connectivity index (χ0) is 17.8. The molecule has 2 N–H and O–H groups in total. The summed E-state index contributed by atoms with van der Waals surface area (Å²) < 4.78 is 5.08. The van der Waals surface area contributed by atoms with E-state index in [-0.39, 0.29) is 0 Å². The maximum atomic E-state index is 5.08. The molecule has 7 heteroatoms. The van der Waals surface area contributed by atoms with Crippen LogP contribution in [0.2, 0.25) is 0 Å². The Morgan fingerprint density at radius 2 is 2.17 bits per heavy atom. The van der Waals surface area contributed by atoms with Crippen molar-refractivity contribution in [2.24, 2.45) is 4.99 Å². The third-order valence-corrected chi connectivity index (χ3v) is 4.68. The largest absolute Gasteiger partial charge is 0.385 e. The van der Waals surface area contributed by atoms with Gasteiger partial charge in [0.25, 0.3) is 0 Å². The minimum absolute atomic E-state index is 0.479. The molecule has 0 radical (unpaired) electrons. The zero-order valence-electron chi connectivity index (χ0n) is 15.8. The van der Waals surface area contributed by atoms with Crippen LogP contribution in [0.4, 0.5) is 0 Å². The maximum Gasteiger partial charge on any atom is 0.191 e. The van der Waals surface area contributed by atoms with Gasteiger partial charge in [-0.15, -0.1) is 11.3 Å². The highest BCUT2D eigenvalue weighted by molar-refractivity contribution is 7.09. The van der Waals surface area contributed by atoms with Crippen LogP contribution in [0.25, 0.3) is 0 Å². The summed E-state index contributed by atoms with van der Waals surface area (Å²) in [5.74, 6) is 1.33. The molecule has 0 unspecified atom stereocenters. The Hall–Kier alpha value is -1.18. The molecule has 0 aliphatic carbocycles. The molecule has 1 aromatic heterocycles. The lowest BCUT2D eigenvalue weighted by molar-refractivity contribution is 0.180. The van der Waals surface area contributed by atoms with Crippen LogP contribution in [-0.2, 0) is 11.3 Å². The van der Waals surface area contributed by atoms with Gasteiger partial charge in [0.15, 0.2) is 5.96 Å². The van der Waals surface area contributed by atoms with Gasteiger partial charge in [-0.25, -0.2) is 9.98 Å². The van der Waals surface area contributed by atoms with E-state index in [0.29, 0.717) is 12.5 Å². The number of nitrogens with zero attached hydrogens (tertiary/aromatic N) is 3. The number of methoxy groups -OCH3 is 1. The highest BCUT2D eigenvalue weighted by Gasteiger charge is 2.06. The SMILES string of the molecule is CCNC(=NCc1csc(C(C)C)n1)NCCN(C)CCCOC. The predicted octanol–water partition coefficient (Wildman–Crippen LogP) is 2.29. The molecule has 0 amide bonds. The molecule has 0 aliphatic rings. The van der Waals surface area contributed by atoms with E-state index in [1.54, 1.807) is 18.4 Å². The predicted molar refractivity (Wildman–Crippen MR) is 103 cm³/mol. The van der Waals surface area contributed by atoms with Gasteiger partial charge < -0.3 is 20.3 Å². The number of ether oxygens (including phenoxy) is 1. The molecule has 0 atom stereocenters. The van der Waals surface area contributed by atoms with Gasteiger partial charge in [-0.2, -0.15) is 0 Å². The number of thiazole rings is 1. The van der Waals surface area contributed by atoms with Crippen LogP contribution < -0.4 is 10.6 Å². The Kier molecular flexibility index (Phi) is 10.6. The first-order valence-electron chi connectivity index (χ1n) is 8.70. The van der Waals surface area contributed by atoms with E-state index in [1.165, 1.54) is 5.01 Å². The fourth-order valence-electron chi connectivity index (χ4n) is 2.12. The zero-order valence-corrected chi connectivity index (χ0v) is 16.6. The Balaban J connectivity index is 2.39. The molecule has 0 saturated heterocycles. The number of nitrogens with one attached hydrogen (secondary N) is 2. The van der Waals surface area contributed by atoms with Crippen LogP contribution in [0.3, 0.4) is 0 Å².